The lowest BCUT2D eigenvalue weighted by molar-refractivity contribution is -0.148. The fourth-order valence-electron chi connectivity index (χ4n) is 2.50. The summed E-state index contributed by atoms with van der Waals surface area (Å²) in [5, 5.41) is 12.9. The quantitative estimate of drug-likeness (QED) is 0.842. The second kappa shape index (κ2) is 7.45. The second-order valence-corrected chi connectivity index (χ2v) is 6.04. The Morgan fingerprint density at radius 1 is 1.21 bits per heavy atom. The molecule has 2 N–H and O–H groups in total. The van der Waals surface area contributed by atoms with E-state index in [2.05, 4.69) is 10.3 Å². The number of carbonyl (C=O) groups excluding carboxylic acids is 1. The molecule has 1 aromatic carbocycles. The van der Waals surface area contributed by atoms with E-state index in [1.165, 1.54) is 0 Å². The Labute approximate surface area is 145 Å². The van der Waals surface area contributed by atoms with Gasteiger partial charge in [0, 0.05) is 16.9 Å². The maximum absolute atomic E-state index is 12.4. The van der Waals surface area contributed by atoms with Gasteiger partial charge >= 0.3 is 5.97 Å². The molecule has 2 aromatic rings. The van der Waals surface area contributed by atoms with E-state index in [1.807, 2.05) is 13.0 Å². The lowest BCUT2D eigenvalue weighted by Gasteiger charge is -2.30. The predicted octanol–water partition coefficient (Wildman–Crippen LogP) is 3.09. The van der Waals surface area contributed by atoms with Crippen LogP contribution < -0.4 is 5.32 Å². The molecule has 0 aliphatic heterocycles. The number of aliphatic carboxylic acids is 1. The number of carbonyl (C=O) groups is 2. The highest BCUT2D eigenvalue weighted by atomic mass is 35.5. The van der Waals surface area contributed by atoms with Crippen LogP contribution in [-0.2, 0) is 21.5 Å². The van der Waals surface area contributed by atoms with Gasteiger partial charge in [-0.05, 0) is 42.7 Å². The summed E-state index contributed by atoms with van der Waals surface area (Å²) in [5.41, 5.74) is 0.579. The minimum atomic E-state index is -1.49. The first kappa shape index (κ1) is 17.9. The Balaban J connectivity index is 2.25. The van der Waals surface area contributed by atoms with Crippen molar-refractivity contribution < 1.29 is 14.7 Å². The van der Waals surface area contributed by atoms with Gasteiger partial charge in [0.2, 0.25) is 5.91 Å². The van der Waals surface area contributed by atoms with Crippen molar-refractivity contribution in [2.75, 3.05) is 0 Å². The number of aryl methyl sites for hydroxylation is 1. The fraction of sp³-hybridized carbons (Fsp3) is 0.278. The van der Waals surface area contributed by atoms with E-state index in [4.69, 9.17) is 11.6 Å². The van der Waals surface area contributed by atoms with Gasteiger partial charge in [0.15, 0.2) is 5.54 Å². The van der Waals surface area contributed by atoms with E-state index in [-0.39, 0.29) is 18.7 Å². The zero-order valence-electron chi connectivity index (χ0n) is 13.5. The van der Waals surface area contributed by atoms with Crippen molar-refractivity contribution in [3.63, 3.8) is 0 Å². The molecule has 5 nitrogen and oxygen atoms in total. The maximum Gasteiger partial charge on any atom is 0.334 e. The molecule has 1 atom stereocenters. The number of carboxylic acids is 1. The predicted molar refractivity (Wildman–Crippen MR) is 91.9 cm³/mol. The van der Waals surface area contributed by atoms with Crippen molar-refractivity contribution in [3.05, 3.63) is 64.4 Å². The first-order chi connectivity index (χ1) is 11.4. The molecule has 6 heteroatoms. The van der Waals surface area contributed by atoms with Crippen LogP contribution in [-0.4, -0.2) is 22.0 Å². The molecule has 0 aliphatic carbocycles. The standard InChI is InChI=1S/C18H19ClN2O3/c1-3-18(17(23)24,14-6-8-15(19)9-7-14)21-16(22)10-13-5-4-12(2)20-11-13/h4-9,11H,3,10H2,1-2H3,(H,21,22)(H,23,24). The summed E-state index contributed by atoms with van der Waals surface area (Å²) in [5.74, 6) is -1.48. The topological polar surface area (TPSA) is 79.3 Å². The molecule has 2 rings (SSSR count). The normalized spacial score (nSPS) is 13.1. The Morgan fingerprint density at radius 3 is 2.38 bits per heavy atom. The molecule has 0 fully saturated rings. The molecule has 126 valence electrons. The molecular formula is C18H19ClN2O3. The van der Waals surface area contributed by atoms with Crippen LogP contribution in [0.25, 0.3) is 0 Å². The van der Waals surface area contributed by atoms with Gasteiger partial charge in [-0.3, -0.25) is 9.78 Å². The summed E-state index contributed by atoms with van der Waals surface area (Å²) < 4.78 is 0. The third-order valence-corrected chi connectivity index (χ3v) is 4.17. The number of hydrogen-bond acceptors (Lipinski definition) is 3. The summed E-state index contributed by atoms with van der Waals surface area (Å²) in [7, 11) is 0. The van der Waals surface area contributed by atoms with Gasteiger partial charge in [-0.1, -0.05) is 36.7 Å². The van der Waals surface area contributed by atoms with Crippen LogP contribution in [0, 0.1) is 6.92 Å². The van der Waals surface area contributed by atoms with Crippen molar-refractivity contribution in [2.24, 2.45) is 0 Å². The molecule has 1 aromatic heterocycles. The third-order valence-electron chi connectivity index (χ3n) is 3.92. The number of rotatable bonds is 6. The fourth-order valence-corrected chi connectivity index (χ4v) is 2.62. The number of aromatic nitrogens is 1. The average molecular weight is 347 g/mol. The van der Waals surface area contributed by atoms with Gasteiger partial charge in [-0.15, -0.1) is 0 Å². The van der Waals surface area contributed by atoms with Crippen LogP contribution in [0.1, 0.15) is 30.2 Å². The van der Waals surface area contributed by atoms with Crippen LogP contribution in [0.3, 0.4) is 0 Å². The van der Waals surface area contributed by atoms with Crippen LogP contribution in [0.4, 0.5) is 0 Å². The smallest absolute Gasteiger partial charge is 0.334 e. The first-order valence-electron chi connectivity index (χ1n) is 7.59. The van der Waals surface area contributed by atoms with Gasteiger partial charge in [0.05, 0.1) is 6.42 Å². The molecule has 0 spiro atoms. The van der Waals surface area contributed by atoms with E-state index >= 15 is 0 Å². The Morgan fingerprint density at radius 2 is 1.88 bits per heavy atom. The molecule has 1 heterocycles. The minimum absolute atomic E-state index is 0.0654. The zero-order chi connectivity index (χ0) is 17.7. The monoisotopic (exact) mass is 346 g/mol. The Hall–Kier alpha value is -2.40. The summed E-state index contributed by atoms with van der Waals surface area (Å²) in [6.45, 7) is 3.58. The third kappa shape index (κ3) is 3.92. The van der Waals surface area contributed by atoms with Crippen LogP contribution in [0.5, 0.6) is 0 Å². The molecule has 0 saturated heterocycles. The number of amides is 1. The van der Waals surface area contributed by atoms with Crippen LogP contribution >= 0.6 is 11.6 Å². The van der Waals surface area contributed by atoms with Crippen molar-refractivity contribution in [1.82, 2.24) is 10.3 Å². The molecule has 24 heavy (non-hydrogen) atoms. The Bertz CT molecular complexity index is 729. The molecule has 0 aliphatic rings. The highest BCUT2D eigenvalue weighted by molar-refractivity contribution is 6.30. The minimum Gasteiger partial charge on any atom is -0.479 e. The molecule has 1 amide bonds. The molecular weight excluding hydrogens is 328 g/mol. The number of nitrogens with one attached hydrogen (secondary N) is 1. The van der Waals surface area contributed by atoms with Crippen molar-refractivity contribution in [1.29, 1.82) is 0 Å². The average Bonchev–Trinajstić information content (AvgIpc) is 2.55. The Kier molecular flexibility index (Phi) is 5.57. The summed E-state index contributed by atoms with van der Waals surface area (Å²) in [6.07, 6.45) is 1.89. The molecule has 0 bridgehead atoms. The number of carboxylic acid groups (broad SMARTS) is 1. The molecule has 0 radical (unpaired) electrons. The van der Waals surface area contributed by atoms with E-state index in [0.717, 1.165) is 11.3 Å². The van der Waals surface area contributed by atoms with Gasteiger partial charge in [0.1, 0.15) is 0 Å². The van der Waals surface area contributed by atoms with Gasteiger partial charge < -0.3 is 10.4 Å². The van der Waals surface area contributed by atoms with Crippen molar-refractivity contribution in [2.45, 2.75) is 32.2 Å². The number of benzene rings is 1. The number of hydrogen-bond donors (Lipinski definition) is 2. The van der Waals surface area contributed by atoms with Crippen molar-refractivity contribution >= 4 is 23.5 Å². The molecule has 0 saturated carbocycles. The van der Waals surface area contributed by atoms with Gasteiger partial charge in [0.25, 0.3) is 0 Å². The summed E-state index contributed by atoms with van der Waals surface area (Å²) in [6, 6.07) is 10.1. The second-order valence-electron chi connectivity index (χ2n) is 5.60. The van der Waals surface area contributed by atoms with Gasteiger partial charge in [-0.25, -0.2) is 4.79 Å². The molecule has 1 unspecified atom stereocenters. The van der Waals surface area contributed by atoms with Gasteiger partial charge in [-0.2, -0.15) is 0 Å². The summed E-state index contributed by atoms with van der Waals surface area (Å²) in [4.78, 5) is 28.4. The number of pyridine rings is 1. The van der Waals surface area contributed by atoms with E-state index in [9.17, 15) is 14.7 Å². The van der Waals surface area contributed by atoms with E-state index in [0.29, 0.717) is 10.6 Å². The van der Waals surface area contributed by atoms with Crippen LogP contribution in [0.15, 0.2) is 42.6 Å². The van der Waals surface area contributed by atoms with E-state index in [1.54, 1.807) is 43.5 Å². The zero-order valence-corrected chi connectivity index (χ0v) is 14.3. The highest BCUT2D eigenvalue weighted by Crippen LogP contribution is 2.27. The number of nitrogens with zero attached hydrogens (tertiary/aromatic N) is 1. The number of halogens is 1. The summed E-state index contributed by atoms with van der Waals surface area (Å²) >= 11 is 5.87. The van der Waals surface area contributed by atoms with E-state index < -0.39 is 11.5 Å². The largest absolute Gasteiger partial charge is 0.479 e. The van der Waals surface area contributed by atoms with Crippen LogP contribution in [0.2, 0.25) is 5.02 Å². The SMILES string of the molecule is CCC(NC(=O)Cc1ccc(C)nc1)(C(=O)O)c1ccc(Cl)cc1. The highest BCUT2D eigenvalue weighted by Gasteiger charge is 2.40. The lowest BCUT2D eigenvalue weighted by Crippen LogP contribution is -2.52. The first-order valence-corrected chi connectivity index (χ1v) is 7.97. The lowest BCUT2D eigenvalue weighted by atomic mass is 9.87. The maximum atomic E-state index is 12.4. The van der Waals surface area contributed by atoms with Crippen molar-refractivity contribution in [3.8, 4) is 0 Å².